The van der Waals surface area contributed by atoms with Crippen LogP contribution in [0.3, 0.4) is 0 Å². The normalized spacial score (nSPS) is 10.2. The van der Waals surface area contributed by atoms with Crippen molar-refractivity contribution in [2.75, 3.05) is 14.2 Å². The van der Waals surface area contributed by atoms with Gasteiger partial charge in [-0.2, -0.15) is 0 Å². The second-order valence-electron chi connectivity index (χ2n) is 4.02. The summed E-state index contributed by atoms with van der Waals surface area (Å²) < 4.78 is 24.1. The van der Waals surface area contributed by atoms with Crippen molar-refractivity contribution in [2.45, 2.75) is 0 Å². The Morgan fingerprint density at radius 3 is 2.45 bits per heavy atom. The fourth-order valence-electron chi connectivity index (χ4n) is 1.78. The van der Waals surface area contributed by atoms with Crippen LogP contribution >= 0.6 is 15.9 Å². The number of halogens is 2. The van der Waals surface area contributed by atoms with Gasteiger partial charge in [0.05, 0.1) is 24.3 Å². The number of ether oxygens (including phenoxy) is 2. The summed E-state index contributed by atoms with van der Waals surface area (Å²) in [5.41, 5.74) is 0.575. The maximum atomic E-state index is 13.5. The van der Waals surface area contributed by atoms with Gasteiger partial charge in [0.25, 0.3) is 0 Å². The van der Waals surface area contributed by atoms with Gasteiger partial charge in [0.1, 0.15) is 17.3 Å². The van der Waals surface area contributed by atoms with E-state index < -0.39 is 5.82 Å². The molecule has 2 rings (SSSR count). The molecule has 0 spiro atoms. The fourth-order valence-corrected chi connectivity index (χ4v) is 2.03. The van der Waals surface area contributed by atoms with Crippen LogP contribution in [0.5, 0.6) is 11.5 Å². The van der Waals surface area contributed by atoms with Gasteiger partial charge in [-0.1, -0.05) is 0 Å². The predicted molar refractivity (Wildman–Crippen MR) is 77.1 cm³/mol. The summed E-state index contributed by atoms with van der Waals surface area (Å²) in [5.74, 6) is 0.135. The average Bonchev–Trinajstić information content (AvgIpc) is 2.48. The van der Waals surface area contributed by atoms with E-state index in [0.29, 0.717) is 21.5 Å². The SMILES string of the molecule is COc1ccc(OC)c(C(=O)c2ccc(Br)c(F)c2)c1. The molecule has 0 aliphatic heterocycles. The highest BCUT2D eigenvalue weighted by Gasteiger charge is 2.16. The zero-order valence-corrected chi connectivity index (χ0v) is 12.5. The topological polar surface area (TPSA) is 35.5 Å². The Morgan fingerprint density at radius 1 is 1.10 bits per heavy atom. The van der Waals surface area contributed by atoms with E-state index >= 15 is 0 Å². The Hall–Kier alpha value is -1.88. The molecular formula is C15H12BrFO3. The zero-order valence-electron chi connectivity index (χ0n) is 10.9. The van der Waals surface area contributed by atoms with Crippen molar-refractivity contribution in [3.05, 3.63) is 57.8 Å². The van der Waals surface area contributed by atoms with Gasteiger partial charge in [-0.25, -0.2) is 4.39 Å². The standard InChI is InChI=1S/C15H12BrFO3/c1-19-10-4-6-14(20-2)11(8-10)15(18)9-3-5-12(16)13(17)7-9/h3-8H,1-2H3. The summed E-state index contributed by atoms with van der Waals surface area (Å²) in [6.07, 6.45) is 0. The van der Waals surface area contributed by atoms with E-state index in [-0.39, 0.29) is 11.3 Å². The molecule has 2 aromatic carbocycles. The van der Waals surface area contributed by atoms with Crippen LogP contribution in [-0.4, -0.2) is 20.0 Å². The quantitative estimate of drug-likeness (QED) is 0.794. The van der Waals surface area contributed by atoms with Crippen LogP contribution in [-0.2, 0) is 0 Å². The second-order valence-corrected chi connectivity index (χ2v) is 4.88. The first-order chi connectivity index (χ1) is 9.56. The van der Waals surface area contributed by atoms with Crippen LogP contribution in [0.25, 0.3) is 0 Å². The predicted octanol–water partition coefficient (Wildman–Crippen LogP) is 3.84. The molecule has 0 bridgehead atoms. The summed E-state index contributed by atoms with van der Waals surface area (Å²) in [7, 11) is 2.98. The Morgan fingerprint density at radius 2 is 1.85 bits per heavy atom. The Labute approximate surface area is 124 Å². The van der Waals surface area contributed by atoms with E-state index in [1.807, 2.05) is 0 Å². The Bertz CT molecular complexity index is 656. The first-order valence-corrected chi connectivity index (χ1v) is 6.58. The van der Waals surface area contributed by atoms with Gasteiger partial charge < -0.3 is 9.47 Å². The van der Waals surface area contributed by atoms with Crippen LogP contribution < -0.4 is 9.47 Å². The van der Waals surface area contributed by atoms with E-state index in [0.717, 1.165) is 0 Å². The molecule has 5 heteroatoms. The molecule has 0 radical (unpaired) electrons. The van der Waals surface area contributed by atoms with Gasteiger partial charge in [0, 0.05) is 5.56 Å². The average molecular weight is 339 g/mol. The monoisotopic (exact) mass is 338 g/mol. The molecule has 0 aliphatic rings. The molecule has 0 heterocycles. The summed E-state index contributed by atoms with van der Waals surface area (Å²) >= 11 is 3.05. The lowest BCUT2D eigenvalue weighted by Gasteiger charge is -2.10. The van der Waals surface area contributed by atoms with E-state index in [1.54, 1.807) is 24.3 Å². The summed E-state index contributed by atoms with van der Waals surface area (Å²) in [6, 6.07) is 9.13. The molecule has 0 amide bonds. The number of rotatable bonds is 4. The lowest BCUT2D eigenvalue weighted by Crippen LogP contribution is -2.05. The maximum absolute atomic E-state index is 13.5. The molecule has 104 valence electrons. The second kappa shape index (κ2) is 6.05. The van der Waals surface area contributed by atoms with Crippen molar-refractivity contribution in [1.29, 1.82) is 0 Å². The highest BCUT2D eigenvalue weighted by atomic mass is 79.9. The van der Waals surface area contributed by atoms with E-state index in [2.05, 4.69) is 15.9 Å². The number of ketones is 1. The molecule has 20 heavy (non-hydrogen) atoms. The number of hydrogen-bond acceptors (Lipinski definition) is 3. The summed E-state index contributed by atoms with van der Waals surface area (Å²) in [4.78, 5) is 12.4. The van der Waals surface area contributed by atoms with Crippen LogP contribution in [0.15, 0.2) is 40.9 Å². The van der Waals surface area contributed by atoms with Crippen molar-refractivity contribution in [1.82, 2.24) is 0 Å². The minimum Gasteiger partial charge on any atom is -0.497 e. The first-order valence-electron chi connectivity index (χ1n) is 5.78. The lowest BCUT2D eigenvalue weighted by molar-refractivity contribution is 0.103. The summed E-state index contributed by atoms with van der Waals surface area (Å²) in [5, 5.41) is 0. The smallest absolute Gasteiger partial charge is 0.196 e. The molecule has 0 unspecified atom stereocenters. The molecule has 0 saturated carbocycles. The van der Waals surface area contributed by atoms with Crippen molar-refractivity contribution >= 4 is 21.7 Å². The van der Waals surface area contributed by atoms with Gasteiger partial charge >= 0.3 is 0 Å². The number of carbonyl (C=O) groups is 1. The van der Waals surface area contributed by atoms with Crippen molar-refractivity contribution in [2.24, 2.45) is 0 Å². The molecule has 0 N–H and O–H groups in total. The molecular weight excluding hydrogens is 327 g/mol. The number of benzene rings is 2. The third-order valence-electron chi connectivity index (χ3n) is 2.83. The minimum atomic E-state index is -0.488. The molecule has 0 fully saturated rings. The van der Waals surface area contributed by atoms with Crippen LogP contribution in [0.1, 0.15) is 15.9 Å². The maximum Gasteiger partial charge on any atom is 0.196 e. The third kappa shape index (κ3) is 2.82. The minimum absolute atomic E-state index is 0.247. The molecule has 0 aliphatic carbocycles. The van der Waals surface area contributed by atoms with Crippen LogP contribution in [0, 0.1) is 5.82 Å². The van der Waals surface area contributed by atoms with Crippen LogP contribution in [0.4, 0.5) is 4.39 Å². The van der Waals surface area contributed by atoms with Crippen molar-refractivity contribution in [3.8, 4) is 11.5 Å². The largest absolute Gasteiger partial charge is 0.497 e. The van der Waals surface area contributed by atoms with E-state index in [4.69, 9.17) is 9.47 Å². The highest BCUT2D eigenvalue weighted by Crippen LogP contribution is 2.27. The van der Waals surface area contributed by atoms with Gasteiger partial charge in [0.15, 0.2) is 5.78 Å². The number of methoxy groups -OCH3 is 2. The van der Waals surface area contributed by atoms with Gasteiger partial charge in [0.2, 0.25) is 0 Å². The van der Waals surface area contributed by atoms with E-state index in [9.17, 15) is 9.18 Å². The third-order valence-corrected chi connectivity index (χ3v) is 3.48. The van der Waals surface area contributed by atoms with Gasteiger partial charge in [-0.15, -0.1) is 0 Å². The first kappa shape index (κ1) is 14.5. The van der Waals surface area contributed by atoms with Crippen molar-refractivity contribution < 1.29 is 18.7 Å². The van der Waals surface area contributed by atoms with E-state index in [1.165, 1.54) is 26.4 Å². The van der Waals surface area contributed by atoms with Crippen LogP contribution in [0.2, 0.25) is 0 Å². The summed E-state index contributed by atoms with van der Waals surface area (Å²) in [6.45, 7) is 0. The number of hydrogen-bond donors (Lipinski definition) is 0. The highest BCUT2D eigenvalue weighted by molar-refractivity contribution is 9.10. The lowest BCUT2D eigenvalue weighted by atomic mass is 10.0. The molecule has 0 atom stereocenters. The molecule has 0 saturated heterocycles. The zero-order chi connectivity index (χ0) is 14.7. The Balaban J connectivity index is 2.48. The number of carbonyl (C=O) groups excluding carboxylic acids is 1. The molecule has 0 aromatic heterocycles. The van der Waals surface area contributed by atoms with Crippen molar-refractivity contribution in [3.63, 3.8) is 0 Å². The Kier molecular flexibility index (Phi) is 4.39. The van der Waals surface area contributed by atoms with Gasteiger partial charge in [-0.05, 0) is 52.3 Å². The van der Waals surface area contributed by atoms with Gasteiger partial charge in [-0.3, -0.25) is 4.79 Å². The molecule has 2 aromatic rings. The molecule has 3 nitrogen and oxygen atoms in total. The fraction of sp³-hybridized carbons (Fsp3) is 0.133.